The zero-order valence-corrected chi connectivity index (χ0v) is 14.1. The van der Waals surface area contributed by atoms with Gasteiger partial charge in [0.05, 0.1) is 11.4 Å². The number of carboxylic acids is 1. The van der Waals surface area contributed by atoms with Gasteiger partial charge < -0.3 is 9.51 Å². The predicted molar refractivity (Wildman–Crippen MR) is 98.0 cm³/mol. The van der Waals surface area contributed by atoms with Crippen LogP contribution in [0.1, 0.15) is 10.4 Å². The molecule has 0 saturated carbocycles. The van der Waals surface area contributed by atoms with E-state index in [1.54, 1.807) is 28.8 Å². The van der Waals surface area contributed by atoms with E-state index in [2.05, 4.69) is 4.98 Å². The Labute approximate surface area is 153 Å². The predicted octanol–water partition coefficient (Wildman–Crippen LogP) is 5.16. The molecule has 4 nitrogen and oxygen atoms in total. The van der Waals surface area contributed by atoms with Crippen LogP contribution in [0.25, 0.3) is 28.2 Å². The van der Waals surface area contributed by atoms with Gasteiger partial charge in [0, 0.05) is 22.3 Å². The molecule has 26 heavy (non-hydrogen) atoms. The number of carbonyl (C=O) groups is 1. The molecule has 2 aromatic heterocycles. The lowest BCUT2D eigenvalue weighted by molar-refractivity contribution is 0.0699. The highest BCUT2D eigenvalue weighted by atomic mass is 35.5. The third-order valence-electron chi connectivity index (χ3n) is 4.14. The monoisotopic (exact) mass is 366 g/mol. The zero-order valence-electron chi connectivity index (χ0n) is 13.4. The molecular formula is C20H12ClFN2O2. The average molecular weight is 367 g/mol. The molecule has 0 saturated heterocycles. The van der Waals surface area contributed by atoms with E-state index in [4.69, 9.17) is 11.6 Å². The molecule has 0 aliphatic carbocycles. The summed E-state index contributed by atoms with van der Waals surface area (Å²) in [5.41, 5.74) is 3.05. The van der Waals surface area contributed by atoms with E-state index in [0.717, 1.165) is 5.56 Å². The Morgan fingerprint density at radius 1 is 1.08 bits per heavy atom. The van der Waals surface area contributed by atoms with Gasteiger partial charge in [-0.1, -0.05) is 29.8 Å². The quantitative estimate of drug-likeness (QED) is 0.545. The topological polar surface area (TPSA) is 54.6 Å². The summed E-state index contributed by atoms with van der Waals surface area (Å²) < 4.78 is 14.9. The van der Waals surface area contributed by atoms with Crippen LogP contribution >= 0.6 is 11.6 Å². The summed E-state index contributed by atoms with van der Waals surface area (Å²) in [4.78, 5) is 16.0. The van der Waals surface area contributed by atoms with Gasteiger partial charge in [-0.05, 0) is 42.5 Å². The van der Waals surface area contributed by atoms with Crippen LogP contribution in [0.3, 0.4) is 0 Å². The molecule has 2 heterocycles. The molecule has 0 radical (unpaired) electrons. The van der Waals surface area contributed by atoms with E-state index in [0.29, 0.717) is 27.6 Å². The molecule has 0 amide bonds. The second kappa shape index (κ2) is 6.28. The summed E-state index contributed by atoms with van der Waals surface area (Å²) >= 11 is 6.35. The number of hydrogen-bond donors (Lipinski definition) is 1. The van der Waals surface area contributed by atoms with E-state index < -0.39 is 5.97 Å². The number of aromatic nitrogens is 2. The molecule has 6 heteroatoms. The van der Waals surface area contributed by atoms with Crippen molar-refractivity contribution < 1.29 is 14.3 Å². The van der Waals surface area contributed by atoms with Crippen molar-refractivity contribution in [3.8, 4) is 22.5 Å². The fraction of sp³-hybridized carbons (Fsp3) is 0. The van der Waals surface area contributed by atoms with Crippen LogP contribution in [0.5, 0.6) is 0 Å². The average Bonchev–Trinajstić information content (AvgIpc) is 3.06. The fourth-order valence-electron chi connectivity index (χ4n) is 2.89. The molecule has 0 fully saturated rings. The second-order valence-corrected chi connectivity index (χ2v) is 6.15. The van der Waals surface area contributed by atoms with Crippen molar-refractivity contribution >= 4 is 23.2 Å². The normalized spacial score (nSPS) is 11.0. The molecule has 0 bridgehead atoms. The summed E-state index contributed by atoms with van der Waals surface area (Å²) in [6.45, 7) is 0. The molecule has 128 valence electrons. The van der Waals surface area contributed by atoms with Crippen molar-refractivity contribution in [1.29, 1.82) is 0 Å². The Morgan fingerprint density at radius 2 is 1.81 bits per heavy atom. The number of rotatable bonds is 3. The first-order chi connectivity index (χ1) is 12.5. The van der Waals surface area contributed by atoms with E-state index in [9.17, 15) is 14.3 Å². The smallest absolute Gasteiger partial charge is 0.339 e. The highest BCUT2D eigenvalue weighted by Crippen LogP contribution is 2.32. The van der Waals surface area contributed by atoms with Crippen LogP contribution in [0.4, 0.5) is 4.39 Å². The number of carboxylic acid groups (broad SMARTS) is 1. The highest BCUT2D eigenvalue weighted by molar-refractivity contribution is 6.33. The number of fused-ring (bicyclic) bond motifs is 1. The lowest BCUT2D eigenvalue weighted by atomic mass is 10.1. The van der Waals surface area contributed by atoms with Crippen molar-refractivity contribution in [3.05, 3.63) is 83.3 Å². The first-order valence-corrected chi connectivity index (χ1v) is 8.18. The molecule has 4 aromatic rings. The van der Waals surface area contributed by atoms with Crippen LogP contribution in [-0.4, -0.2) is 20.5 Å². The third kappa shape index (κ3) is 2.72. The SMILES string of the molecule is O=C(O)c1ccn2c(-c3ccccc3Cl)cc(-c3ccc(F)cc3)nc12. The summed E-state index contributed by atoms with van der Waals surface area (Å²) in [6.07, 6.45) is 1.65. The van der Waals surface area contributed by atoms with Crippen molar-refractivity contribution in [2.45, 2.75) is 0 Å². The van der Waals surface area contributed by atoms with E-state index in [1.165, 1.54) is 18.2 Å². The van der Waals surface area contributed by atoms with Crippen LogP contribution in [0.2, 0.25) is 5.02 Å². The maximum absolute atomic E-state index is 13.3. The minimum atomic E-state index is -1.07. The van der Waals surface area contributed by atoms with Crippen molar-refractivity contribution in [2.24, 2.45) is 0 Å². The summed E-state index contributed by atoms with van der Waals surface area (Å²) in [7, 11) is 0. The largest absolute Gasteiger partial charge is 0.478 e. The van der Waals surface area contributed by atoms with Gasteiger partial charge in [-0.15, -0.1) is 0 Å². The van der Waals surface area contributed by atoms with Gasteiger partial charge in [-0.2, -0.15) is 0 Å². The van der Waals surface area contributed by atoms with Crippen molar-refractivity contribution in [1.82, 2.24) is 9.38 Å². The Balaban J connectivity index is 2.05. The molecule has 0 unspecified atom stereocenters. The maximum atomic E-state index is 13.3. The van der Waals surface area contributed by atoms with Crippen LogP contribution in [0.15, 0.2) is 66.9 Å². The van der Waals surface area contributed by atoms with Gasteiger partial charge in [0.2, 0.25) is 0 Å². The van der Waals surface area contributed by atoms with Crippen LogP contribution in [0, 0.1) is 5.82 Å². The van der Waals surface area contributed by atoms with Crippen molar-refractivity contribution in [3.63, 3.8) is 0 Å². The summed E-state index contributed by atoms with van der Waals surface area (Å²) in [5.74, 6) is -1.42. The summed E-state index contributed by atoms with van der Waals surface area (Å²) in [5, 5.41) is 9.99. The number of hydrogen-bond acceptors (Lipinski definition) is 2. The first kappa shape index (κ1) is 16.3. The highest BCUT2D eigenvalue weighted by Gasteiger charge is 2.17. The standard InChI is InChI=1S/C20H12ClFN2O2/c21-16-4-2-1-3-14(16)18-11-17(12-5-7-13(22)8-6-12)23-19-15(20(25)26)9-10-24(18)19/h1-11H,(H,25,26). The second-order valence-electron chi connectivity index (χ2n) is 5.74. The lowest BCUT2D eigenvalue weighted by Crippen LogP contribution is -2.01. The van der Waals surface area contributed by atoms with E-state index >= 15 is 0 Å². The van der Waals surface area contributed by atoms with Crippen LogP contribution in [-0.2, 0) is 0 Å². The van der Waals surface area contributed by atoms with E-state index in [1.807, 2.05) is 24.3 Å². The molecule has 0 atom stereocenters. The Morgan fingerprint density at radius 3 is 2.50 bits per heavy atom. The molecule has 4 rings (SSSR count). The molecular weight excluding hydrogens is 355 g/mol. The van der Waals surface area contributed by atoms with E-state index in [-0.39, 0.29) is 11.4 Å². The van der Waals surface area contributed by atoms with Gasteiger partial charge in [-0.3, -0.25) is 0 Å². The lowest BCUT2D eigenvalue weighted by Gasteiger charge is -2.11. The molecule has 0 aliphatic rings. The van der Waals surface area contributed by atoms with Crippen molar-refractivity contribution in [2.75, 3.05) is 0 Å². The molecule has 0 spiro atoms. The molecule has 0 aliphatic heterocycles. The van der Waals surface area contributed by atoms with Gasteiger partial charge in [0.25, 0.3) is 0 Å². The Kier molecular flexibility index (Phi) is 3.93. The number of halogens is 2. The Hall–Kier alpha value is -3.18. The number of aromatic carboxylic acids is 1. The number of benzene rings is 2. The number of nitrogens with zero attached hydrogens (tertiary/aromatic N) is 2. The van der Waals surface area contributed by atoms with Gasteiger partial charge >= 0.3 is 5.97 Å². The zero-order chi connectivity index (χ0) is 18.3. The summed E-state index contributed by atoms with van der Waals surface area (Å²) in [6, 6.07) is 16.5. The van der Waals surface area contributed by atoms with Gasteiger partial charge in [0.1, 0.15) is 11.4 Å². The fourth-order valence-corrected chi connectivity index (χ4v) is 3.12. The minimum Gasteiger partial charge on any atom is -0.478 e. The maximum Gasteiger partial charge on any atom is 0.339 e. The minimum absolute atomic E-state index is 0.0854. The van der Waals surface area contributed by atoms with Crippen LogP contribution < -0.4 is 0 Å². The molecule has 1 N–H and O–H groups in total. The van der Waals surface area contributed by atoms with Gasteiger partial charge in [0.15, 0.2) is 5.65 Å². The Bertz CT molecular complexity index is 1140. The first-order valence-electron chi connectivity index (χ1n) is 7.81. The third-order valence-corrected chi connectivity index (χ3v) is 4.47. The van der Waals surface area contributed by atoms with Gasteiger partial charge in [-0.25, -0.2) is 14.2 Å². The molecule has 2 aromatic carbocycles.